The minimum absolute atomic E-state index is 0.230. The van der Waals surface area contributed by atoms with Crippen molar-refractivity contribution < 1.29 is 19.4 Å². The van der Waals surface area contributed by atoms with Crippen LogP contribution in [0.2, 0.25) is 0 Å². The average Bonchev–Trinajstić information content (AvgIpc) is 2.02. The van der Waals surface area contributed by atoms with E-state index in [0.717, 1.165) is 6.21 Å². The fraction of sp³-hybridized carbons (Fsp3) is 0.778. The van der Waals surface area contributed by atoms with Gasteiger partial charge in [0, 0.05) is 6.42 Å². The Morgan fingerprint density at radius 2 is 2.14 bits per heavy atom. The van der Waals surface area contributed by atoms with Gasteiger partial charge < -0.3 is 5.53 Å². The van der Waals surface area contributed by atoms with Crippen LogP contribution in [0.25, 0.3) is 5.53 Å². The topological polar surface area (TPSA) is 71.9 Å². The lowest BCUT2D eigenvalue weighted by atomic mass is 10.2. The number of carbonyl (C=O) groups is 1. The minimum Gasteiger partial charge on any atom is -0.361 e. The molecule has 0 heterocycles. The lowest BCUT2D eigenvalue weighted by Crippen LogP contribution is -2.19. The summed E-state index contributed by atoms with van der Waals surface area (Å²) in [4.78, 5) is 23.3. The van der Waals surface area contributed by atoms with E-state index in [-0.39, 0.29) is 17.8 Å². The zero-order chi connectivity index (χ0) is 11.0. The molecule has 0 unspecified atom stereocenters. The van der Waals surface area contributed by atoms with Crippen LogP contribution in [0.1, 0.15) is 33.6 Å². The molecule has 80 valence electrons. The summed E-state index contributed by atoms with van der Waals surface area (Å²) >= 11 is 0. The number of ketones is 1. The fourth-order valence-corrected chi connectivity index (χ4v) is 0.653. The minimum atomic E-state index is -0.337. The molecule has 0 N–H and O–H groups in total. The summed E-state index contributed by atoms with van der Waals surface area (Å²) in [5.74, 6) is -0.230. The molecule has 5 nitrogen and oxygen atoms in total. The van der Waals surface area contributed by atoms with Gasteiger partial charge in [0.05, 0.1) is 12.2 Å². The first-order valence-electron chi connectivity index (χ1n) is 4.46. The molecule has 0 aromatic heterocycles. The van der Waals surface area contributed by atoms with Crippen LogP contribution in [0.4, 0.5) is 0 Å². The van der Waals surface area contributed by atoms with Gasteiger partial charge in [-0.1, -0.05) is 0 Å². The van der Waals surface area contributed by atoms with Crippen molar-refractivity contribution in [2.75, 3.05) is 6.61 Å². The lowest BCUT2D eigenvalue weighted by molar-refractivity contribution is -0.348. The molecule has 0 atom stereocenters. The van der Waals surface area contributed by atoms with Gasteiger partial charge in [-0.3, -0.25) is 4.79 Å². The highest BCUT2D eigenvalue weighted by Gasteiger charge is 2.11. The van der Waals surface area contributed by atoms with Gasteiger partial charge in [0.15, 0.2) is 0 Å². The van der Waals surface area contributed by atoms with Crippen LogP contribution in [-0.4, -0.2) is 29.0 Å². The Morgan fingerprint density at radius 3 is 2.64 bits per heavy atom. The van der Waals surface area contributed by atoms with Crippen LogP contribution < -0.4 is 0 Å². The molecule has 0 saturated carbocycles. The summed E-state index contributed by atoms with van der Waals surface area (Å²) < 4.78 is 0. The number of carbonyl (C=O) groups excluding carboxylic acids is 1. The Bertz CT molecular complexity index is 227. The molecule has 0 radical (unpaired) electrons. The normalized spacial score (nSPS) is 10.8. The molecular formula is C9H16N2O3. The van der Waals surface area contributed by atoms with Gasteiger partial charge in [-0.05, 0) is 27.2 Å². The molecule has 14 heavy (non-hydrogen) atoms. The maximum Gasteiger partial charge on any atom is 0.323 e. The van der Waals surface area contributed by atoms with E-state index in [9.17, 15) is 4.79 Å². The number of rotatable bonds is 6. The smallest absolute Gasteiger partial charge is 0.323 e. The molecule has 0 aliphatic rings. The largest absolute Gasteiger partial charge is 0.361 e. The second-order valence-electron chi connectivity index (χ2n) is 3.83. The third kappa shape index (κ3) is 9.06. The first-order chi connectivity index (χ1) is 6.45. The van der Waals surface area contributed by atoms with Crippen molar-refractivity contribution in [3.05, 3.63) is 5.53 Å². The Hall–Kier alpha value is -1.03. The number of nitrogens with zero attached hydrogens (tertiary/aromatic N) is 2. The highest BCUT2D eigenvalue weighted by molar-refractivity contribution is 6.25. The zero-order valence-electron chi connectivity index (χ0n) is 8.82. The maximum absolute atomic E-state index is 10.8. The van der Waals surface area contributed by atoms with Gasteiger partial charge in [-0.25, -0.2) is 9.78 Å². The standard InChI is InChI=1S/C9H16N2O3/c1-9(2,3)14-13-6-4-5-8(12)7-11-10/h7H,4-6H2,1-3H3. The first-order valence-corrected chi connectivity index (χ1v) is 4.46. The van der Waals surface area contributed by atoms with E-state index < -0.39 is 0 Å². The molecule has 5 heteroatoms. The van der Waals surface area contributed by atoms with Crippen molar-refractivity contribution in [1.82, 2.24) is 0 Å². The van der Waals surface area contributed by atoms with Gasteiger partial charge in [0.1, 0.15) is 0 Å². The van der Waals surface area contributed by atoms with Crippen LogP contribution in [0, 0.1) is 0 Å². The SMILES string of the molecule is CC(C)(C)OOCCCC(=O)C=[N+]=[N-]. The van der Waals surface area contributed by atoms with E-state index >= 15 is 0 Å². The van der Waals surface area contributed by atoms with Gasteiger partial charge in [-0.15, -0.1) is 0 Å². The average molecular weight is 200 g/mol. The molecule has 0 aliphatic heterocycles. The van der Waals surface area contributed by atoms with E-state index in [1.165, 1.54) is 0 Å². The van der Waals surface area contributed by atoms with E-state index in [2.05, 4.69) is 4.79 Å². The van der Waals surface area contributed by atoms with Crippen LogP contribution in [-0.2, 0) is 14.6 Å². The number of hydrogen-bond donors (Lipinski definition) is 0. The molecule has 0 spiro atoms. The van der Waals surface area contributed by atoms with Crippen molar-refractivity contribution in [2.24, 2.45) is 0 Å². The first kappa shape index (κ1) is 13.0. The predicted octanol–water partition coefficient (Wildman–Crippen LogP) is 1.38. The van der Waals surface area contributed by atoms with Gasteiger partial charge >= 0.3 is 6.21 Å². The van der Waals surface area contributed by atoms with Crippen LogP contribution in [0.5, 0.6) is 0 Å². The zero-order valence-corrected chi connectivity index (χ0v) is 8.82. The van der Waals surface area contributed by atoms with Crippen molar-refractivity contribution in [1.29, 1.82) is 0 Å². The third-order valence-electron chi connectivity index (χ3n) is 1.16. The lowest BCUT2D eigenvalue weighted by Gasteiger charge is -2.17. The Balaban J connectivity index is 3.39. The fourth-order valence-electron chi connectivity index (χ4n) is 0.653. The van der Waals surface area contributed by atoms with Crippen molar-refractivity contribution in [2.45, 2.75) is 39.2 Å². The van der Waals surface area contributed by atoms with Gasteiger partial charge in [0.25, 0.3) is 0 Å². The Kier molecular flexibility index (Phi) is 5.95. The summed E-state index contributed by atoms with van der Waals surface area (Å²) in [6, 6.07) is 0. The molecular weight excluding hydrogens is 184 g/mol. The van der Waals surface area contributed by atoms with Gasteiger partial charge in [-0.2, -0.15) is 4.79 Å². The number of Topliss-reactive ketones (excluding diaryl/α,β-unsaturated/α-hetero) is 1. The summed E-state index contributed by atoms with van der Waals surface area (Å²) in [6.45, 7) is 5.96. The molecule has 0 saturated heterocycles. The third-order valence-corrected chi connectivity index (χ3v) is 1.16. The van der Waals surface area contributed by atoms with Crippen molar-refractivity contribution >= 4 is 12.0 Å². The molecule has 0 aromatic rings. The highest BCUT2D eigenvalue weighted by atomic mass is 17.2. The molecule has 0 aliphatic carbocycles. The summed E-state index contributed by atoms with van der Waals surface area (Å²) in [5, 5.41) is 0. The van der Waals surface area contributed by atoms with Gasteiger partial charge in [0.2, 0.25) is 5.78 Å². The Labute approximate surface area is 83.6 Å². The molecule has 0 rings (SSSR count). The monoisotopic (exact) mass is 200 g/mol. The molecule has 0 amide bonds. The van der Waals surface area contributed by atoms with Crippen LogP contribution in [0.15, 0.2) is 0 Å². The predicted molar refractivity (Wildman–Crippen MR) is 50.7 cm³/mol. The number of hydrogen-bond acceptors (Lipinski definition) is 3. The van der Waals surface area contributed by atoms with E-state index in [0.29, 0.717) is 13.0 Å². The summed E-state index contributed by atoms with van der Waals surface area (Å²) in [6.07, 6.45) is 1.71. The van der Waals surface area contributed by atoms with E-state index in [1.54, 1.807) is 0 Å². The van der Waals surface area contributed by atoms with Crippen molar-refractivity contribution in [3.63, 3.8) is 0 Å². The Morgan fingerprint density at radius 1 is 1.50 bits per heavy atom. The second kappa shape index (κ2) is 6.43. The second-order valence-corrected chi connectivity index (χ2v) is 3.83. The molecule has 0 aromatic carbocycles. The molecule has 0 fully saturated rings. The van der Waals surface area contributed by atoms with Crippen LogP contribution in [0.3, 0.4) is 0 Å². The summed E-state index contributed by atoms with van der Waals surface area (Å²) in [5.41, 5.74) is 7.70. The molecule has 0 bridgehead atoms. The van der Waals surface area contributed by atoms with E-state index in [1.807, 2.05) is 20.8 Å². The quantitative estimate of drug-likeness (QED) is 0.162. The van der Waals surface area contributed by atoms with Crippen LogP contribution >= 0.6 is 0 Å². The van der Waals surface area contributed by atoms with Crippen molar-refractivity contribution in [3.8, 4) is 0 Å². The van der Waals surface area contributed by atoms with E-state index in [4.69, 9.17) is 15.3 Å². The highest BCUT2D eigenvalue weighted by Crippen LogP contribution is 2.07. The summed E-state index contributed by atoms with van der Waals surface area (Å²) in [7, 11) is 0. The maximum atomic E-state index is 10.8.